The van der Waals surface area contributed by atoms with E-state index in [2.05, 4.69) is 5.32 Å². The van der Waals surface area contributed by atoms with Crippen molar-refractivity contribution in [1.82, 2.24) is 0 Å². The fraction of sp³-hybridized carbons (Fsp3) is 0.0714. The second-order valence-electron chi connectivity index (χ2n) is 4.03. The number of carbonyl (C=O) groups is 1. The highest BCUT2D eigenvalue weighted by molar-refractivity contribution is 6.34. The van der Waals surface area contributed by atoms with Crippen molar-refractivity contribution in [2.24, 2.45) is 0 Å². The topological polar surface area (TPSA) is 49.3 Å². The van der Waals surface area contributed by atoms with Gasteiger partial charge in [-0.1, -0.05) is 17.7 Å². The van der Waals surface area contributed by atoms with Crippen LogP contribution in [-0.4, -0.2) is 11.0 Å². The maximum Gasteiger partial charge on any atom is 0.257 e. The molecule has 0 aliphatic carbocycles. The summed E-state index contributed by atoms with van der Waals surface area (Å²) in [5.41, 5.74) is 0.835. The van der Waals surface area contributed by atoms with E-state index >= 15 is 0 Å². The van der Waals surface area contributed by atoms with E-state index in [0.717, 1.165) is 0 Å². The van der Waals surface area contributed by atoms with E-state index in [1.807, 2.05) is 0 Å². The van der Waals surface area contributed by atoms with Gasteiger partial charge in [0.25, 0.3) is 5.91 Å². The summed E-state index contributed by atoms with van der Waals surface area (Å²) in [6.07, 6.45) is 0. The average Bonchev–Trinajstić information content (AvgIpc) is 2.38. The summed E-state index contributed by atoms with van der Waals surface area (Å²) >= 11 is 5.88. The van der Waals surface area contributed by atoms with E-state index < -0.39 is 11.7 Å². The first-order chi connectivity index (χ1) is 8.99. The summed E-state index contributed by atoms with van der Waals surface area (Å²) in [4.78, 5) is 12.0. The number of carbonyl (C=O) groups excluding carboxylic acids is 1. The first-order valence-electron chi connectivity index (χ1n) is 5.54. The van der Waals surface area contributed by atoms with Gasteiger partial charge in [0.1, 0.15) is 11.6 Å². The Kier molecular flexibility index (Phi) is 3.71. The summed E-state index contributed by atoms with van der Waals surface area (Å²) < 4.78 is 13.4. The van der Waals surface area contributed by atoms with Crippen molar-refractivity contribution in [2.45, 2.75) is 6.92 Å². The Hall–Kier alpha value is -2.07. The van der Waals surface area contributed by atoms with Crippen molar-refractivity contribution in [3.05, 3.63) is 58.4 Å². The predicted molar refractivity (Wildman–Crippen MR) is 72.2 cm³/mol. The maximum absolute atomic E-state index is 13.4. The van der Waals surface area contributed by atoms with Crippen molar-refractivity contribution in [3.8, 4) is 5.75 Å². The smallest absolute Gasteiger partial charge is 0.257 e. The highest BCUT2D eigenvalue weighted by Gasteiger charge is 2.13. The number of phenols is 1. The molecule has 2 aromatic rings. The molecular formula is C14H11ClFNO2. The number of phenolic OH excluding ortho intramolecular Hbond substituents is 1. The lowest BCUT2D eigenvalue weighted by Crippen LogP contribution is -2.13. The van der Waals surface area contributed by atoms with E-state index in [1.54, 1.807) is 13.0 Å². The highest BCUT2D eigenvalue weighted by atomic mass is 35.5. The first-order valence-corrected chi connectivity index (χ1v) is 5.92. The van der Waals surface area contributed by atoms with Gasteiger partial charge in [0, 0.05) is 11.3 Å². The van der Waals surface area contributed by atoms with Crippen LogP contribution in [0.3, 0.4) is 0 Å². The molecule has 0 fully saturated rings. The minimum absolute atomic E-state index is 0.0643. The van der Waals surface area contributed by atoms with Crippen LogP contribution in [0.2, 0.25) is 5.02 Å². The number of halogens is 2. The molecule has 0 aromatic heterocycles. The van der Waals surface area contributed by atoms with Gasteiger partial charge in [-0.25, -0.2) is 4.39 Å². The summed E-state index contributed by atoms with van der Waals surface area (Å²) in [6, 6.07) is 8.46. The molecule has 0 heterocycles. The molecular weight excluding hydrogens is 269 g/mol. The molecule has 0 aliphatic rings. The molecule has 0 saturated heterocycles. The number of rotatable bonds is 2. The van der Waals surface area contributed by atoms with Crippen molar-refractivity contribution in [1.29, 1.82) is 0 Å². The Bertz CT molecular complexity index is 643. The van der Waals surface area contributed by atoms with Crippen LogP contribution in [-0.2, 0) is 0 Å². The van der Waals surface area contributed by atoms with Crippen LogP contribution >= 0.6 is 11.6 Å². The minimum Gasteiger partial charge on any atom is -0.508 e. The van der Waals surface area contributed by atoms with E-state index in [-0.39, 0.29) is 16.3 Å². The number of hydrogen-bond acceptors (Lipinski definition) is 2. The van der Waals surface area contributed by atoms with Gasteiger partial charge in [-0.2, -0.15) is 0 Å². The Morgan fingerprint density at radius 2 is 2.05 bits per heavy atom. The van der Waals surface area contributed by atoms with Gasteiger partial charge in [0.2, 0.25) is 0 Å². The molecule has 2 rings (SSSR count). The Morgan fingerprint density at radius 1 is 1.32 bits per heavy atom. The van der Waals surface area contributed by atoms with Crippen LogP contribution in [0.4, 0.5) is 10.1 Å². The van der Waals surface area contributed by atoms with Gasteiger partial charge in [0.15, 0.2) is 0 Å². The maximum atomic E-state index is 13.4. The number of hydrogen-bond donors (Lipinski definition) is 2. The third kappa shape index (κ3) is 2.85. The molecule has 3 nitrogen and oxygen atoms in total. The van der Waals surface area contributed by atoms with Crippen molar-refractivity contribution in [3.63, 3.8) is 0 Å². The molecule has 0 saturated carbocycles. The van der Waals surface area contributed by atoms with Crippen molar-refractivity contribution in [2.75, 3.05) is 5.32 Å². The van der Waals surface area contributed by atoms with Gasteiger partial charge in [-0.3, -0.25) is 4.79 Å². The monoisotopic (exact) mass is 279 g/mol. The quantitative estimate of drug-likeness (QED) is 0.880. The van der Waals surface area contributed by atoms with E-state index in [0.29, 0.717) is 11.3 Å². The standard InChI is InChI=1S/C14H11ClFNO2/c1-8-12(16)3-2-4-13(8)17-14(19)10-7-9(18)5-6-11(10)15/h2-7,18H,1H3,(H,17,19). The van der Waals surface area contributed by atoms with Gasteiger partial charge in [-0.15, -0.1) is 0 Å². The lowest BCUT2D eigenvalue weighted by molar-refractivity contribution is 0.102. The molecule has 0 spiro atoms. The normalized spacial score (nSPS) is 10.3. The van der Waals surface area contributed by atoms with Crippen LogP contribution in [0.25, 0.3) is 0 Å². The number of nitrogens with one attached hydrogen (secondary N) is 1. The van der Waals surface area contributed by atoms with Gasteiger partial charge < -0.3 is 10.4 Å². The van der Waals surface area contributed by atoms with Gasteiger partial charge in [0.05, 0.1) is 10.6 Å². The van der Waals surface area contributed by atoms with Crippen LogP contribution in [0.5, 0.6) is 5.75 Å². The molecule has 0 bridgehead atoms. The Labute approximate surface area is 114 Å². The molecule has 0 unspecified atom stereocenters. The lowest BCUT2D eigenvalue weighted by atomic mass is 10.1. The fourth-order valence-electron chi connectivity index (χ4n) is 1.62. The fourth-order valence-corrected chi connectivity index (χ4v) is 1.82. The molecule has 1 amide bonds. The summed E-state index contributed by atoms with van der Waals surface area (Å²) in [7, 11) is 0. The summed E-state index contributed by atoms with van der Waals surface area (Å²) in [5.74, 6) is -0.972. The SMILES string of the molecule is Cc1c(F)cccc1NC(=O)c1cc(O)ccc1Cl. The van der Waals surface area contributed by atoms with Crippen molar-refractivity contribution < 1.29 is 14.3 Å². The number of benzene rings is 2. The zero-order chi connectivity index (χ0) is 14.0. The zero-order valence-corrected chi connectivity index (χ0v) is 10.8. The first kappa shape index (κ1) is 13.4. The average molecular weight is 280 g/mol. The van der Waals surface area contributed by atoms with Crippen molar-refractivity contribution >= 4 is 23.2 Å². The predicted octanol–water partition coefficient (Wildman–Crippen LogP) is 3.75. The minimum atomic E-state index is -0.505. The largest absolute Gasteiger partial charge is 0.508 e. The summed E-state index contributed by atoms with van der Waals surface area (Å²) in [5, 5.41) is 12.1. The highest BCUT2D eigenvalue weighted by Crippen LogP contribution is 2.23. The Balaban J connectivity index is 2.31. The molecule has 0 radical (unpaired) electrons. The molecule has 5 heteroatoms. The third-order valence-corrected chi connectivity index (χ3v) is 3.04. The molecule has 0 atom stereocenters. The van der Waals surface area contributed by atoms with Gasteiger partial charge >= 0.3 is 0 Å². The van der Waals surface area contributed by atoms with Crippen LogP contribution in [0.15, 0.2) is 36.4 Å². The van der Waals surface area contributed by atoms with E-state index in [9.17, 15) is 14.3 Å². The summed E-state index contributed by atoms with van der Waals surface area (Å²) in [6.45, 7) is 1.56. The van der Waals surface area contributed by atoms with Gasteiger partial charge in [-0.05, 0) is 37.3 Å². The number of anilines is 1. The zero-order valence-electron chi connectivity index (χ0n) is 10.1. The van der Waals surface area contributed by atoms with Crippen LogP contribution in [0, 0.1) is 12.7 Å². The van der Waals surface area contributed by atoms with Crippen LogP contribution in [0.1, 0.15) is 15.9 Å². The second-order valence-corrected chi connectivity index (χ2v) is 4.44. The van der Waals surface area contributed by atoms with Crippen LogP contribution < -0.4 is 5.32 Å². The second kappa shape index (κ2) is 5.28. The molecule has 98 valence electrons. The Morgan fingerprint density at radius 3 is 2.79 bits per heavy atom. The molecule has 19 heavy (non-hydrogen) atoms. The lowest BCUT2D eigenvalue weighted by Gasteiger charge is -2.10. The number of aromatic hydroxyl groups is 1. The molecule has 0 aliphatic heterocycles. The third-order valence-electron chi connectivity index (χ3n) is 2.71. The molecule has 2 aromatic carbocycles. The molecule has 2 N–H and O–H groups in total. The van der Waals surface area contributed by atoms with E-state index in [1.165, 1.54) is 30.3 Å². The van der Waals surface area contributed by atoms with E-state index in [4.69, 9.17) is 11.6 Å². The number of amides is 1.